The van der Waals surface area contributed by atoms with Crippen LogP contribution in [-0.2, 0) is 0 Å². The molecule has 2 rings (SSSR count). The number of halogens is 1. The fourth-order valence-corrected chi connectivity index (χ4v) is 1.73. The highest BCUT2D eigenvalue weighted by molar-refractivity contribution is 6.32. The number of nitrogen functional groups attached to an aromatic ring is 1. The van der Waals surface area contributed by atoms with Crippen LogP contribution in [0.2, 0.25) is 5.02 Å². The van der Waals surface area contributed by atoms with E-state index in [-0.39, 0.29) is 0 Å². The first-order valence-corrected chi connectivity index (χ1v) is 5.15. The number of aryl methyl sites for hydroxylation is 1. The Balaban J connectivity index is 2.52. The minimum Gasteiger partial charge on any atom is -0.495 e. The first-order chi connectivity index (χ1) is 7.61. The molecule has 2 N–H and O–H groups in total. The van der Waals surface area contributed by atoms with Crippen molar-refractivity contribution < 1.29 is 4.74 Å². The van der Waals surface area contributed by atoms with Gasteiger partial charge in [0.15, 0.2) is 0 Å². The Morgan fingerprint density at radius 1 is 1.38 bits per heavy atom. The van der Waals surface area contributed by atoms with E-state index in [0.29, 0.717) is 16.6 Å². The molecule has 0 aliphatic heterocycles. The van der Waals surface area contributed by atoms with Gasteiger partial charge >= 0.3 is 0 Å². The van der Waals surface area contributed by atoms with Crippen molar-refractivity contribution in [1.82, 2.24) is 9.78 Å². The van der Waals surface area contributed by atoms with Gasteiger partial charge in [-0.1, -0.05) is 11.6 Å². The molecule has 0 atom stereocenters. The summed E-state index contributed by atoms with van der Waals surface area (Å²) in [4.78, 5) is 0. The van der Waals surface area contributed by atoms with E-state index in [4.69, 9.17) is 22.1 Å². The quantitative estimate of drug-likeness (QED) is 0.873. The monoisotopic (exact) mass is 237 g/mol. The minimum atomic E-state index is 0.492. The summed E-state index contributed by atoms with van der Waals surface area (Å²) in [7, 11) is 1.58. The van der Waals surface area contributed by atoms with Crippen molar-refractivity contribution in [2.45, 2.75) is 6.92 Å². The molecule has 1 aromatic carbocycles. The molecule has 0 saturated carbocycles. The Bertz CT molecular complexity index is 522. The van der Waals surface area contributed by atoms with Gasteiger partial charge in [-0.3, -0.25) is 0 Å². The summed E-state index contributed by atoms with van der Waals surface area (Å²) < 4.78 is 6.89. The molecule has 0 aliphatic carbocycles. The number of nitrogens with zero attached hydrogens (tertiary/aromatic N) is 2. The van der Waals surface area contributed by atoms with Gasteiger partial charge in [-0.15, -0.1) is 0 Å². The molecule has 0 amide bonds. The highest BCUT2D eigenvalue weighted by Crippen LogP contribution is 2.27. The zero-order chi connectivity index (χ0) is 11.7. The van der Waals surface area contributed by atoms with Gasteiger partial charge in [-0.05, 0) is 19.1 Å². The van der Waals surface area contributed by atoms with Crippen LogP contribution in [0.5, 0.6) is 5.75 Å². The van der Waals surface area contributed by atoms with E-state index in [9.17, 15) is 0 Å². The standard InChI is InChI=1S/C11H12ClN3O/c1-7-5-11(13)14-15(7)8-3-4-9(12)10(6-8)16-2/h3-6H,1-2H3,(H2,13,14). The van der Waals surface area contributed by atoms with E-state index in [0.717, 1.165) is 11.4 Å². The van der Waals surface area contributed by atoms with Crippen LogP contribution in [0.15, 0.2) is 24.3 Å². The van der Waals surface area contributed by atoms with E-state index in [1.807, 2.05) is 19.1 Å². The fraction of sp³-hybridized carbons (Fsp3) is 0.182. The zero-order valence-electron chi connectivity index (χ0n) is 9.07. The number of hydrogen-bond acceptors (Lipinski definition) is 3. The van der Waals surface area contributed by atoms with Gasteiger partial charge in [-0.2, -0.15) is 5.10 Å². The van der Waals surface area contributed by atoms with Crippen molar-refractivity contribution in [2.24, 2.45) is 0 Å². The third-order valence-corrected chi connectivity index (χ3v) is 2.60. The summed E-state index contributed by atoms with van der Waals surface area (Å²) in [5.74, 6) is 1.11. The third kappa shape index (κ3) is 1.84. The number of benzene rings is 1. The maximum Gasteiger partial charge on any atom is 0.146 e. The number of hydrogen-bond donors (Lipinski definition) is 1. The van der Waals surface area contributed by atoms with Crippen LogP contribution in [0.4, 0.5) is 5.82 Å². The molecule has 1 heterocycles. The molecule has 0 saturated heterocycles. The third-order valence-electron chi connectivity index (χ3n) is 2.29. The molecule has 4 nitrogen and oxygen atoms in total. The number of aromatic nitrogens is 2. The topological polar surface area (TPSA) is 53.1 Å². The lowest BCUT2D eigenvalue weighted by atomic mass is 10.3. The highest BCUT2D eigenvalue weighted by Gasteiger charge is 2.07. The predicted octanol–water partition coefficient (Wildman–Crippen LogP) is 2.42. The van der Waals surface area contributed by atoms with E-state index in [1.54, 1.807) is 23.9 Å². The summed E-state index contributed by atoms with van der Waals surface area (Å²) >= 11 is 5.95. The molecule has 0 unspecified atom stereocenters. The van der Waals surface area contributed by atoms with Gasteiger partial charge in [0.05, 0.1) is 17.8 Å². The van der Waals surface area contributed by atoms with Crippen molar-refractivity contribution in [3.05, 3.63) is 35.0 Å². The van der Waals surface area contributed by atoms with E-state index < -0.39 is 0 Å². The van der Waals surface area contributed by atoms with E-state index >= 15 is 0 Å². The molecule has 0 bridgehead atoms. The molecule has 0 spiro atoms. The van der Waals surface area contributed by atoms with Crippen LogP contribution < -0.4 is 10.5 Å². The highest BCUT2D eigenvalue weighted by atomic mass is 35.5. The average Bonchev–Trinajstić information content (AvgIpc) is 2.59. The van der Waals surface area contributed by atoms with Gasteiger partial charge in [0.2, 0.25) is 0 Å². The number of anilines is 1. The van der Waals surface area contributed by atoms with Crippen molar-refractivity contribution in [3.8, 4) is 11.4 Å². The number of nitrogens with two attached hydrogens (primary N) is 1. The molecule has 1 aromatic heterocycles. The van der Waals surface area contributed by atoms with Crippen LogP contribution in [-0.4, -0.2) is 16.9 Å². The summed E-state index contributed by atoms with van der Waals surface area (Å²) in [5, 5.41) is 4.75. The Kier molecular flexibility index (Phi) is 2.75. The van der Waals surface area contributed by atoms with Gasteiger partial charge in [0.25, 0.3) is 0 Å². The Labute approximate surface area is 98.6 Å². The number of methoxy groups -OCH3 is 1. The number of ether oxygens (including phenoxy) is 1. The van der Waals surface area contributed by atoms with Gasteiger partial charge in [0, 0.05) is 17.8 Å². The van der Waals surface area contributed by atoms with Crippen LogP contribution in [0.1, 0.15) is 5.69 Å². The summed E-state index contributed by atoms with van der Waals surface area (Å²) in [6, 6.07) is 7.26. The second kappa shape index (κ2) is 4.06. The second-order valence-electron chi connectivity index (χ2n) is 3.44. The maximum atomic E-state index is 5.95. The normalized spacial score (nSPS) is 10.4. The molecule has 5 heteroatoms. The van der Waals surface area contributed by atoms with Crippen LogP contribution >= 0.6 is 11.6 Å². The largest absolute Gasteiger partial charge is 0.495 e. The lowest BCUT2D eigenvalue weighted by molar-refractivity contribution is 0.414. The zero-order valence-corrected chi connectivity index (χ0v) is 9.82. The first kappa shape index (κ1) is 10.8. The molecule has 84 valence electrons. The van der Waals surface area contributed by atoms with E-state index in [1.165, 1.54) is 0 Å². The van der Waals surface area contributed by atoms with Crippen molar-refractivity contribution >= 4 is 17.4 Å². The number of rotatable bonds is 2. The van der Waals surface area contributed by atoms with Crippen molar-refractivity contribution in [3.63, 3.8) is 0 Å². The summed E-state index contributed by atoms with van der Waals surface area (Å²) in [5.41, 5.74) is 7.46. The van der Waals surface area contributed by atoms with Crippen molar-refractivity contribution in [1.29, 1.82) is 0 Å². The van der Waals surface area contributed by atoms with Gasteiger partial charge in [-0.25, -0.2) is 4.68 Å². The van der Waals surface area contributed by atoms with Crippen LogP contribution in [0, 0.1) is 6.92 Å². The van der Waals surface area contributed by atoms with Gasteiger partial charge < -0.3 is 10.5 Å². The molecule has 2 aromatic rings. The summed E-state index contributed by atoms with van der Waals surface area (Å²) in [6.07, 6.45) is 0. The SMILES string of the molecule is COc1cc(-n2nc(N)cc2C)ccc1Cl. The van der Waals surface area contributed by atoms with Crippen LogP contribution in [0.3, 0.4) is 0 Å². The molecule has 0 radical (unpaired) electrons. The van der Waals surface area contributed by atoms with Gasteiger partial charge in [0.1, 0.15) is 11.6 Å². The minimum absolute atomic E-state index is 0.492. The second-order valence-corrected chi connectivity index (χ2v) is 3.85. The molecule has 16 heavy (non-hydrogen) atoms. The average molecular weight is 238 g/mol. The smallest absolute Gasteiger partial charge is 0.146 e. The van der Waals surface area contributed by atoms with E-state index in [2.05, 4.69) is 5.10 Å². The molecule has 0 fully saturated rings. The summed E-state index contributed by atoms with van der Waals surface area (Å²) in [6.45, 7) is 1.93. The Morgan fingerprint density at radius 3 is 2.69 bits per heavy atom. The Hall–Kier alpha value is -1.68. The molecular weight excluding hydrogens is 226 g/mol. The molecule has 0 aliphatic rings. The molecular formula is C11H12ClN3O. The fourth-order valence-electron chi connectivity index (χ4n) is 1.54. The van der Waals surface area contributed by atoms with Crippen LogP contribution in [0.25, 0.3) is 5.69 Å². The maximum absolute atomic E-state index is 5.95. The lowest BCUT2D eigenvalue weighted by Crippen LogP contribution is -2.00. The first-order valence-electron chi connectivity index (χ1n) is 4.78. The van der Waals surface area contributed by atoms with Crippen molar-refractivity contribution in [2.75, 3.05) is 12.8 Å². The predicted molar refractivity (Wildman–Crippen MR) is 64.3 cm³/mol. The lowest BCUT2D eigenvalue weighted by Gasteiger charge is -2.07. The Morgan fingerprint density at radius 2 is 2.12 bits per heavy atom.